The van der Waals surface area contributed by atoms with Crippen LogP contribution in [0.2, 0.25) is 0 Å². The van der Waals surface area contributed by atoms with Gasteiger partial charge in [-0.1, -0.05) is 22.0 Å². The van der Waals surface area contributed by atoms with Gasteiger partial charge in [-0.2, -0.15) is 8.78 Å². The lowest BCUT2D eigenvalue weighted by atomic mass is 9.70. The van der Waals surface area contributed by atoms with Gasteiger partial charge in [0.2, 0.25) is 0 Å². The first-order valence-electron chi connectivity index (χ1n) is 6.52. The zero-order valence-electron chi connectivity index (χ0n) is 11.9. The van der Waals surface area contributed by atoms with Gasteiger partial charge in [0.15, 0.2) is 0 Å². The average Bonchev–Trinajstić information content (AvgIpc) is 2.71. The Hall–Kier alpha value is -0.680. The van der Waals surface area contributed by atoms with E-state index in [1.54, 1.807) is 13.8 Å². The fraction of sp³-hybridized carbons (Fsp3) is 0.909. The van der Waals surface area contributed by atoms with Crippen LogP contribution in [0.25, 0.3) is 0 Å². The molecule has 128 valence electrons. The van der Waals surface area contributed by atoms with Gasteiger partial charge in [-0.05, 0) is 28.7 Å². The van der Waals surface area contributed by atoms with E-state index >= 15 is 0 Å². The lowest BCUT2D eigenvalue weighted by molar-refractivity contribution is -0.128. The van der Waals surface area contributed by atoms with E-state index < -0.39 is 42.4 Å². The van der Waals surface area contributed by atoms with Crippen LogP contribution in [0, 0.1) is 16.7 Å². The zero-order chi connectivity index (χ0) is 17.0. The Morgan fingerprint density at radius 2 is 1.95 bits per heavy atom. The fourth-order valence-corrected chi connectivity index (χ4v) is 6.86. The highest BCUT2D eigenvalue weighted by atomic mass is 32.3. The maximum Gasteiger partial charge on any atom is 0.346 e. The summed E-state index contributed by atoms with van der Waals surface area (Å²) in [5.41, 5.74) is -1.91. The average molecular weight is 363 g/mol. The van der Waals surface area contributed by atoms with Crippen LogP contribution in [-0.4, -0.2) is 29.9 Å². The summed E-state index contributed by atoms with van der Waals surface area (Å²) < 4.78 is 77.4. The van der Waals surface area contributed by atoms with Crippen LogP contribution in [0.15, 0.2) is 3.77 Å². The zero-order valence-corrected chi connectivity index (χ0v) is 13.6. The molecule has 6 nitrogen and oxygen atoms in total. The topological polar surface area (TPSA) is 89.9 Å². The summed E-state index contributed by atoms with van der Waals surface area (Å²) in [4.78, 5) is 12.2. The largest absolute Gasteiger partial charge is 0.346 e. The molecule has 3 unspecified atom stereocenters. The van der Waals surface area contributed by atoms with Crippen LogP contribution in [0.1, 0.15) is 33.1 Å². The maximum atomic E-state index is 12.5. The molecule has 0 amide bonds. The van der Waals surface area contributed by atoms with Gasteiger partial charge in [-0.15, -0.1) is 0 Å². The molecular weight excluding hydrogens is 347 g/mol. The first-order chi connectivity index (χ1) is 9.90. The molecule has 0 N–H and O–H groups in total. The van der Waals surface area contributed by atoms with Crippen LogP contribution in [0.5, 0.6) is 0 Å². The molecule has 3 atom stereocenters. The highest BCUT2D eigenvalue weighted by Gasteiger charge is 2.65. The van der Waals surface area contributed by atoms with Crippen molar-refractivity contribution in [1.82, 2.24) is 0 Å². The SMILES string of the molecule is CC1(C)C2CCC1(CS(=O)(=O)N=S(=O)(OF)C(F)F)C(=O)C2. The van der Waals surface area contributed by atoms with E-state index in [4.69, 9.17) is 0 Å². The smallest absolute Gasteiger partial charge is 0.299 e. The summed E-state index contributed by atoms with van der Waals surface area (Å²) in [5.74, 6) is -5.06. The molecule has 2 bridgehead atoms. The lowest BCUT2D eigenvalue weighted by Gasteiger charge is -2.35. The van der Waals surface area contributed by atoms with E-state index in [1.165, 1.54) is 0 Å². The van der Waals surface area contributed by atoms with Gasteiger partial charge in [0, 0.05) is 6.42 Å². The van der Waals surface area contributed by atoms with Crippen molar-refractivity contribution in [2.45, 2.75) is 38.9 Å². The molecule has 0 aromatic carbocycles. The van der Waals surface area contributed by atoms with Crippen LogP contribution in [0.4, 0.5) is 13.3 Å². The van der Waals surface area contributed by atoms with Crippen LogP contribution in [0.3, 0.4) is 0 Å². The van der Waals surface area contributed by atoms with Crippen LogP contribution >= 0.6 is 0 Å². The molecule has 0 aliphatic heterocycles. The summed E-state index contributed by atoms with van der Waals surface area (Å²) >= 11 is 0. The second kappa shape index (κ2) is 5.17. The van der Waals surface area contributed by atoms with E-state index in [2.05, 4.69) is 8.16 Å². The quantitative estimate of drug-likeness (QED) is 0.747. The molecule has 0 saturated heterocycles. The predicted molar refractivity (Wildman–Crippen MR) is 71.1 cm³/mol. The maximum absolute atomic E-state index is 12.5. The van der Waals surface area contributed by atoms with E-state index in [1.807, 2.05) is 0 Å². The minimum atomic E-state index is -5.29. The molecule has 2 saturated carbocycles. The molecule has 0 aromatic heterocycles. The Morgan fingerprint density at radius 3 is 2.32 bits per heavy atom. The van der Waals surface area contributed by atoms with Crippen molar-refractivity contribution in [3.63, 3.8) is 0 Å². The summed E-state index contributed by atoms with van der Waals surface area (Å²) in [5, 5.41) is 0. The standard InChI is InChI=1S/C11H16F3NO5S2/c1-10(2)7-3-4-11(10,8(16)5-7)6-21(17,18)15-22(19,20-14)9(12)13/h7,9H,3-6H2,1-2H3. The van der Waals surface area contributed by atoms with Gasteiger partial charge in [0.05, 0.1) is 11.2 Å². The normalized spacial score (nSPS) is 33.2. The van der Waals surface area contributed by atoms with E-state index in [0.29, 0.717) is 6.42 Å². The summed E-state index contributed by atoms with van der Waals surface area (Å²) in [6.07, 6.45) is 1.13. The van der Waals surface area contributed by atoms with Gasteiger partial charge in [0.1, 0.15) is 5.78 Å². The Labute approximate surface area is 126 Å². The van der Waals surface area contributed by atoms with Crippen LogP contribution < -0.4 is 0 Å². The van der Waals surface area contributed by atoms with Crippen molar-refractivity contribution in [3.8, 4) is 0 Å². The number of alkyl halides is 2. The molecule has 2 rings (SSSR count). The number of sulfonamides is 1. The summed E-state index contributed by atoms with van der Waals surface area (Å²) in [6, 6.07) is 0. The van der Waals surface area contributed by atoms with E-state index in [-0.39, 0.29) is 24.5 Å². The minimum Gasteiger partial charge on any atom is -0.299 e. The second-order valence-corrected chi connectivity index (χ2v) is 9.87. The molecule has 0 heterocycles. The monoisotopic (exact) mass is 363 g/mol. The molecular formula is C11H16F3NO5S2. The first kappa shape index (κ1) is 17.7. The number of halogens is 3. The molecule has 0 radical (unpaired) electrons. The molecule has 11 heteroatoms. The predicted octanol–water partition coefficient (Wildman–Crippen LogP) is 2.22. The number of Topliss-reactive ketones (excluding diaryl/α,β-unsaturated/α-hetero) is 1. The Morgan fingerprint density at radius 1 is 1.36 bits per heavy atom. The summed E-state index contributed by atoms with van der Waals surface area (Å²) in [7, 11) is -10.0. The third-order valence-corrected chi connectivity index (χ3v) is 8.33. The van der Waals surface area contributed by atoms with E-state index in [0.717, 1.165) is 0 Å². The number of hydrogen-bond donors (Lipinski definition) is 0. The molecule has 22 heavy (non-hydrogen) atoms. The number of rotatable bonds is 5. The van der Waals surface area contributed by atoms with Crippen molar-refractivity contribution >= 4 is 25.8 Å². The molecule has 0 aromatic rings. The number of ketones is 1. The third kappa shape index (κ3) is 2.46. The molecule has 2 aliphatic carbocycles. The van der Waals surface area contributed by atoms with Gasteiger partial charge in [-0.25, -0.2) is 12.6 Å². The number of nitrogens with zero attached hydrogens (tertiary/aromatic N) is 1. The van der Waals surface area contributed by atoms with Gasteiger partial charge in [0.25, 0.3) is 20.0 Å². The number of fused-ring (bicyclic) bond motifs is 2. The number of carbonyl (C=O) groups is 1. The Kier molecular flexibility index (Phi) is 4.15. The van der Waals surface area contributed by atoms with Crippen molar-refractivity contribution in [2.24, 2.45) is 20.5 Å². The Bertz CT molecular complexity index is 711. The van der Waals surface area contributed by atoms with Gasteiger partial charge >= 0.3 is 5.76 Å². The first-order valence-corrected chi connectivity index (χ1v) is 9.63. The van der Waals surface area contributed by atoms with Crippen molar-refractivity contribution in [1.29, 1.82) is 0 Å². The molecule has 2 aliphatic rings. The van der Waals surface area contributed by atoms with Gasteiger partial charge in [-0.3, -0.25) is 4.79 Å². The fourth-order valence-electron chi connectivity index (χ4n) is 3.68. The minimum absolute atomic E-state index is 0.00656. The van der Waals surface area contributed by atoms with Gasteiger partial charge < -0.3 is 0 Å². The van der Waals surface area contributed by atoms with E-state index in [9.17, 15) is 30.7 Å². The summed E-state index contributed by atoms with van der Waals surface area (Å²) in [6.45, 7) is 3.47. The van der Waals surface area contributed by atoms with Crippen molar-refractivity contribution < 1.29 is 35.1 Å². The third-order valence-electron chi connectivity index (χ3n) is 5.10. The number of hydrogen-bond acceptors (Lipinski definition) is 5. The lowest BCUT2D eigenvalue weighted by Crippen LogP contribution is -2.42. The van der Waals surface area contributed by atoms with Crippen LogP contribution in [-0.2, 0) is 29.2 Å². The highest BCUT2D eigenvalue weighted by molar-refractivity contribution is 8.01. The van der Waals surface area contributed by atoms with Crippen molar-refractivity contribution in [3.05, 3.63) is 0 Å². The van der Waals surface area contributed by atoms with Crippen molar-refractivity contribution in [2.75, 3.05) is 5.75 Å². The second-order valence-electron chi connectivity index (χ2n) is 6.31. The highest BCUT2D eigenvalue weighted by Crippen LogP contribution is 2.64. The Balaban J connectivity index is 2.44. The molecule has 0 spiro atoms. The molecule has 2 fully saturated rings. The number of carbonyl (C=O) groups excluding carboxylic acids is 1.